The van der Waals surface area contributed by atoms with E-state index >= 15 is 0 Å². The van der Waals surface area contributed by atoms with Crippen molar-refractivity contribution >= 4 is 5.91 Å². The van der Waals surface area contributed by atoms with Crippen LogP contribution in [0.4, 0.5) is 4.39 Å². The van der Waals surface area contributed by atoms with Gasteiger partial charge in [0.1, 0.15) is 11.6 Å². The summed E-state index contributed by atoms with van der Waals surface area (Å²) in [6.07, 6.45) is 5.90. The number of carbonyl (C=O) groups excluding carboxylic acids is 1. The fraction of sp³-hybridized carbons (Fsp3) is 0.536. The maximum Gasteiger partial charge on any atom is 0.226 e. The van der Waals surface area contributed by atoms with E-state index in [4.69, 9.17) is 9.47 Å². The lowest BCUT2D eigenvalue weighted by Gasteiger charge is -2.37. The second-order valence-corrected chi connectivity index (χ2v) is 9.75. The number of amides is 1. The highest BCUT2D eigenvalue weighted by atomic mass is 19.1. The van der Waals surface area contributed by atoms with Gasteiger partial charge in [0.25, 0.3) is 0 Å². The topological polar surface area (TPSA) is 50.8 Å². The van der Waals surface area contributed by atoms with E-state index in [1.54, 1.807) is 13.2 Å². The summed E-state index contributed by atoms with van der Waals surface area (Å²) in [5.41, 5.74) is 2.26. The van der Waals surface area contributed by atoms with E-state index in [9.17, 15) is 9.18 Å². The smallest absolute Gasteiger partial charge is 0.226 e. The minimum absolute atomic E-state index is 0.135. The zero-order chi connectivity index (χ0) is 24.0. The number of halogens is 1. The van der Waals surface area contributed by atoms with E-state index < -0.39 is 5.41 Å². The van der Waals surface area contributed by atoms with Gasteiger partial charge in [0.05, 0.1) is 12.5 Å². The lowest BCUT2D eigenvalue weighted by Crippen LogP contribution is -2.49. The number of piperidine rings is 1. The quantitative estimate of drug-likeness (QED) is 0.603. The molecule has 1 amide bonds. The van der Waals surface area contributed by atoms with Crippen molar-refractivity contribution < 1.29 is 18.7 Å². The summed E-state index contributed by atoms with van der Waals surface area (Å²) in [5.74, 6) is 0.477. The standard InChI is InChI=1S/C28H37FN2O3/c1-21-5-3-4-15-31(21)16-14-30-27(32)28(12-17-34-18-13-28)20-22-6-8-23(9-7-22)25-19-24(29)10-11-26(25)33-2/h6-11,19,21H,3-5,12-18,20H2,1-2H3,(H,30,32)/t21-/m1/s1. The van der Waals surface area contributed by atoms with Gasteiger partial charge in [-0.1, -0.05) is 30.7 Å². The molecule has 0 aliphatic carbocycles. The first-order valence-electron chi connectivity index (χ1n) is 12.5. The number of benzene rings is 2. The van der Waals surface area contributed by atoms with Crippen molar-refractivity contribution in [1.29, 1.82) is 0 Å². The summed E-state index contributed by atoms with van der Waals surface area (Å²) < 4.78 is 24.8. The Kier molecular flexibility index (Phi) is 8.22. The van der Waals surface area contributed by atoms with Crippen LogP contribution in [0.3, 0.4) is 0 Å². The van der Waals surface area contributed by atoms with Crippen molar-refractivity contribution in [3.05, 3.63) is 53.8 Å². The van der Waals surface area contributed by atoms with Crippen LogP contribution in [0.15, 0.2) is 42.5 Å². The molecule has 34 heavy (non-hydrogen) atoms. The minimum Gasteiger partial charge on any atom is -0.496 e. The number of hydrogen-bond acceptors (Lipinski definition) is 4. The van der Waals surface area contributed by atoms with Gasteiger partial charge in [-0.05, 0) is 74.9 Å². The lowest BCUT2D eigenvalue weighted by molar-refractivity contribution is -0.136. The number of hydrogen-bond donors (Lipinski definition) is 1. The number of rotatable bonds is 8. The first-order valence-corrected chi connectivity index (χ1v) is 12.5. The molecule has 2 aromatic rings. The predicted molar refractivity (Wildman–Crippen MR) is 132 cm³/mol. The summed E-state index contributed by atoms with van der Waals surface area (Å²) in [6, 6.07) is 13.2. The third kappa shape index (κ3) is 5.78. The molecule has 0 aromatic heterocycles. The Hall–Kier alpha value is -2.44. The van der Waals surface area contributed by atoms with Gasteiger partial charge in [0.2, 0.25) is 5.91 Å². The van der Waals surface area contributed by atoms with E-state index in [2.05, 4.69) is 17.1 Å². The maximum atomic E-state index is 13.8. The zero-order valence-corrected chi connectivity index (χ0v) is 20.4. The van der Waals surface area contributed by atoms with Crippen molar-refractivity contribution in [3.63, 3.8) is 0 Å². The highest BCUT2D eigenvalue weighted by Gasteiger charge is 2.40. The van der Waals surface area contributed by atoms with E-state index in [0.717, 1.165) is 42.6 Å². The number of methoxy groups -OCH3 is 1. The van der Waals surface area contributed by atoms with Gasteiger partial charge in [0.15, 0.2) is 0 Å². The minimum atomic E-state index is -0.455. The summed E-state index contributed by atoms with van der Waals surface area (Å²) in [5, 5.41) is 3.25. The number of nitrogens with zero attached hydrogens (tertiary/aromatic N) is 1. The Morgan fingerprint density at radius 2 is 1.94 bits per heavy atom. The molecule has 0 spiro atoms. The summed E-state index contributed by atoms with van der Waals surface area (Å²) in [6.45, 7) is 6.21. The summed E-state index contributed by atoms with van der Waals surface area (Å²) in [4.78, 5) is 15.9. The molecule has 2 aromatic carbocycles. The van der Waals surface area contributed by atoms with Crippen LogP contribution in [0, 0.1) is 11.2 Å². The Balaban J connectivity index is 1.43. The molecular weight excluding hydrogens is 431 g/mol. The van der Waals surface area contributed by atoms with Gasteiger partial charge < -0.3 is 14.8 Å². The zero-order valence-electron chi connectivity index (χ0n) is 20.4. The molecular formula is C28H37FN2O3. The van der Waals surface area contributed by atoms with Crippen LogP contribution >= 0.6 is 0 Å². The molecule has 1 N–H and O–H groups in total. The molecule has 2 aliphatic rings. The molecule has 2 aliphatic heterocycles. The number of carbonyl (C=O) groups is 1. The maximum absolute atomic E-state index is 13.8. The Morgan fingerprint density at radius 1 is 1.18 bits per heavy atom. The molecule has 2 saturated heterocycles. The monoisotopic (exact) mass is 468 g/mol. The molecule has 5 nitrogen and oxygen atoms in total. The summed E-state index contributed by atoms with van der Waals surface area (Å²) >= 11 is 0. The van der Waals surface area contributed by atoms with Gasteiger partial charge in [-0.2, -0.15) is 0 Å². The molecule has 1 atom stereocenters. The molecule has 6 heteroatoms. The van der Waals surface area contributed by atoms with Crippen LogP contribution in [-0.2, 0) is 16.0 Å². The van der Waals surface area contributed by atoms with Gasteiger partial charge in [0, 0.05) is 37.9 Å². The van der Waals surface area contributed by atoms with Gasteiger partial charge in [-0.15, -0.1) is 0 Å². The Morgan fingerprint density at radius 3 is 2.65 bits per heavy atom. The van der Waals surface area contributed by atoms with E-state index in [0.29, 0.717) is 38.0 Å². The van der Waals surface area contributed by atoms with E-state index in [1.165, 1.54) is 31.4 Å². The van der Waals surface area contributed by atoms with Crippen LogP contribution in [0.1, 0.15) is 44.6 Å². The average Bonchev–Trinajstić information content (AvgIpc) is 2.86. The fourth-order valence-corrected chi connectivity index (χ4v) is 5.34. The normalized spacial score (nSPS) is 20.6. The van der Waals surface area contributed by atoms with Crippen LogP contribution in [0.5, 0.6) is 5.75 Å². The molecule has 2 heterocycles. The number of ether oxygens (including phenoxy) is 2. The van der Waals surface area contributed by atoms with E-state index in [1.807, 2.05) is 24.3 Å². The van der Waals surface area contributed by atoms with Crippen molar-refractivity contribution in [2.24, 2.45) is 5.41 Å². The molecule has 0 saturated carbocycles. The molecule has 0 unspecified atom stereocenters. The van der Waals surface area contributed by atoms with Gasteiger partial charge in [-0.3, -0.25) is 9.69 Å². The molecule has 2 fully saturated rings. The second kappa shape index (κ2) is 11.3. The summed E-state index contributed by atoms with van der Waals surface area (Å²) in [7, 11) is 1.59. The highest BCUT2D eigenvalue weighted by Crippen LogP contribution is 2.36. The first kappa shape index (κ1) is 24.7. The number of likely N-dealkylation sites (tertiary alicyclic amines) is 1. The fourth-order valence-electron chi connectivity index (χ4n) is 5.34. The molecule has 184 valence electrons. The molecule has 4 rings (SSSR count). The highest BCUT2D eigenvalue weighted by molar-refractivity contribution is 5.83. The van der Waals surface area contributed by atoms with Gasteiger partial charge in [-0.25, -0.2) is 4.39 Å². The molecule has 0 radical (unpaired) electrons. The van der Waals surface area contributed by atoms with Gasteiger partial charge >= 0.3 is 0 Å². The van der Waals surface area contributed by atoms with Crippen molar-refractivity contribution in [3.8, 4) is 16.9 Å². The first-order chi connectivity index (χ1) is 16.5. The third-order valence-corrected chi connectivity index (χ3v) is 7.53. The third-order valence-electron chi connectivity index (χ3n) is 7.53. The van der Waals surface area contributed by atoms with E-state index in [-0.39, 0.29) is 11.7 Å². The average molecular weight is 469 g/mol. The van der Waals surface area contributed by atoms with Crippen molar-refractivity contribution in [1.82, 2.24) is 10.2 Å². The SMILES string of the molecule is COc1ccc(F)cc1-c1ccc(CC2(C(=O)NCCN3CCCC[C@H]3C)CCOCC2)cc1. The van der Waals surface area contributed by atoms with Crippen LogP contribution in [0.2, 0.25) is 0 Å². The Bertz CT molecular complexity index is 957. The number of nitrogens with one attached hydrogen (secondary N) is 1. The van der Waals surface area contributed by atoms with Crippen LogP contribution in [-0.4, -0.2) is 56.8 Å². The largest absolute Gasteiger partial charge is 0.496 e. The Labute approximate surface area is 202 Å². The van der Waals surface area contributed by atoms with Crippen LogP contribution in [0.25, 0.3) is 11.1 Å². The predicted octanol–water partition coefficient (Wildman–Crippen LogP) is 4.83. The second-order valence-electron chi connectivity index (χ2n) is 9.75. The van der Waals surface area contributed by atoms with Crippen molar-refractivity contribution in [2.45, 2.75) is 51.5 Å². The van der Waals surface area contributed by atoms with Crippen molar-refractivity contribution in [2.75, 3.05) is 40.0 Å². The van der Waals surface area contributed by atoms with Crippen LogP contribution < -0.4 is 10.1 Å². The lowest BCUT2D eigenvalue weighted by atomic mass is 9.74. The molecule has 0 bridgehead atoms.